The van der Waals surface area contributed by atoms with E-state index in [0.717, 1.165) is 17.3 Å². The van der Waals surface area contributed by atoms with Crippen molar-refractivity contribution in [3.63, 3.8) is 0 Å². The smallest absolute Gasteiger partial charge is 0.187 e. The van der Waals surface area contributed by atoms with E-state index in [-0.39, 0.29) is 0 Å². The molecule has 0 saturated carbocycles. The minimum Gasteiger partial charge on any atom is -0.493 e. The molecular weight excluding hydrogens is 202 g/mol. The van der Waals surface area contributed by atoms with Crippen molar-refractivity contribution in [3.05, 3.63) is 30.0 Å². The average molecular weight is 217 g/mol. The minimum absolute atomic E-state index is 0.697. The Hall–Kier alpha value is -1.77. The fraction of sp³-hybridized carbons (Fsp3) is 0.308. The molecule has 0 atom stereocenters. The SMILES string of the molecule is CCc1cnc2c(OC)c(OC)ccc2c1. The zero-order valence-corrected chi connectivity index (χ0v) is 9.78. The Balaban J connectivity index is 2.69. The van der Waals surface area contributed by atoms with Crippen molar-refractivity contribution in [1.29, 1.82) is 0 Å². The molecule has 0 fully saturated rings. The van der Waals surface area contributed by atoms with E-state index < -0.39 is 0 Å². The zero-order valence-electron chi connectivity index (χ0n) is 9.78. The van der Waals surface area contributed by atoms with Crippen molar-refractivity contribution in [2.45, 2.75) is 13.3 Å². The highest BCUT2D eigenvalue weighted by atomic mass is 16.5. The molecule has 0 aliphatic heterocycles. The molecule has 3 heteroatoms. The van der Waals surface area contributed by atoms with Crippen molar-refractivity contribution in [3.8, 4) is 11.5 Å². The van der Waals surface area contributed by atoms with Crippen molar-refractivity contribution >= 4 is 10.9 Å². The van der Waals surface area contributed by atoms with E-state index in [0.29, 0.717) is 11.5 Å². The molecule has 1 aromatic carbocycles. The van der Waals surface area contributed by atoms with Gasteiger partial charge in [-0.15, -0.1) is 0 Å². The predicted octanol–water partition coefficient (Wildman–Crippen LogP) is 2.81. The summed E-state index contributed by atoms with van der Waals surface area (Å²) in [5.74, 6) is 1.41. The Morgan fingerprint density at radius 2 is 2.00 bits per heavy atom. The van der Waals surface area contributed by atoms with Crippen LogP contribution in [0.1, 0.15) is 12.5 Å². The number of methoxy groups -OCH3 is 2. The first-order valence-electron chi connectivity index (χ1n) is 5.29. The lowest BCUT2D eigenvalue weighted by atomic mass is 10.1. The van der Waals surface area contributed by atoms with Crippen LogP contribution in [-0.2, 0) is 6.42 Å². The molecule has 2 rings (SSSR count). The third-order valence-electron chi connectivity index (χ3n) is 2.66. The van der Waals surface area contributed by atoms with E-state index in [1.165, 1.54) is 5.56 Å². The maximum atomic E-state index is 5.34. The number of nitrogens with zero attached hydrogens (tertiary/aromatic N) is 1. The van der Waals surface area contributed by atoms with Gasteiger partial charge >= 0.3 is 0 Å². The lowest BCUT2D eigenvalue weighted by Crippen LogP contribution is -1.94. The highest BCUT2D eigenvalue weighted by molar-refractivity contribution is 5.87. The minimum atomic E-state index is 0.697. The number of pyridine rings is 1. The van der Waals surface area contributed by atoms with E-state index in [1.807, 2.05) is 18.3 Å². The van der Waals surface area contributed by atoms with E-state index in [2.05, 4.69) is 18.0 Å². The van der Waals surface area contributed by atoms with Crippen LogP contribution in [0.3, 0.4) is 0 Å². The fourth-order valence-electron chi connectivity index (χ4n) is 1.75. The second kappa shape index (κ2) is 4.39. The molecule has 0 bridgehead atoms. The Morgan fingerprint density at radius 3 is 2.62 bits per heavy atom. The molecule has 0 radical (unpaired) electrons. The van der Waals surface area contributed by atoms with Gasteiger partial charge in [-0.2, -0.15) is 0 Å². The van der Waals surface area contributed by atoms with Crippen LogP contribution in [0, 0.1) is 0 Å². The second-order valence-electron chi connectivity index (χ2n) is 3.57. The topological polar surface area (TPSA) is 31.4 Å². The summed E-state index contributed by atoms with van der Waals surface area (Å²) in [6, 6.07) is 6.04. The van der Waals surface area contributed by atoms with Gasteiger partial charge in [-0.3, -0.25) is 4.98 Å². The molecule has 1 aromatic heterocycles. The first-order chi connectivity index (χ1) is 7.80. The first-order valence-corrected chi connectivity index (χ1v) is 5.29. The summed E-state index contributed by atoms with van der Waals surface area (Å²) in [7, 11) is 3.26. The maximum Gasteiger partial charge on any atom is 0.187 e. The molecule has 84 valence electrons. The maximum absolute atomic E-state index is 5.34. The molecule has 0 saturated heterocycles. The van der Waals surface area contributed by atoms with Gasteiger partial charge in [0.05, 0.1) is 14.2 Å². The lowest BCUT2D eigenvalue weighted by molar-refractivity contribution is 0.358. The number of hydrogen-bond donors (Lipinski definition) is 0. The van der Waals surface area contributed by atoms with Crippen LogP contribution >= 0.6 is 0 Å². The van der Waals surface area contributed by atoms with Crippen molar-refractivity contribution in [1.82, 2.24) is 4.98 Å². The highest BCUT2D eigenvalue weighted by Crippen LogP contribution is 2.34. The van der Waals surface area contributed by atoms with Gasteiger partial charge in [0.25, 0.3) is 0 Å². The van der Waals surface area contributed by atoms with Crippen molar-refractivity contribution < 1.29 is 9.47 Å². The largest absolute Gasteiger partial charge is 0.493 e. The van der Waals surface area contributed by atoms with Crippen LogP contribution in [0.4, 0.5) is 0 Å². The normalized spacial score (nSPS) is 10.4. The van der Waals surface area contributed by atoms with Gasteiger partial charge in [0.2, 0.25) is 0 Å². The quantitative estimate of drug-likeness (QED) is 0.792. The molecule has 0 spiro atoms. The molecule has 0 unspecified atom stereocenters. The van der Waals surface area contributed by atoms with E-state index in [4.69, 9.17) is 9.47 Å². The predicted molar refractivity (Wildman–Crippen MR) is 64.2 cm³/mol. The lowest BCUT2D eigenvalue weighted by Gasteiger charge is -2.10. The van der Waals surface area contributed by atoms with Gasteiger partial charge in [-0.05, 0) is 30.2 Å². The van der Waals surface area contributed by atoms with Gasteiger partial charge in [0, 0.05) is 11.6 Å². The second-order valence-corrected chi connectivity index (χ2v) is 3.57. The Labute approximate surface area is 95.0 Å². The van der Waals surface area contributed by atoms with E-state index in [9.17, 15) is 0 Å². The number of aryl methyl sites for hydroxylation is 1. The summed E-state index contributed by atoms with van der Waals surface area (Å²) in [6.45, 7) is 2.11. The van der Waals surface area contributed by atoms with Gasteiger partial charge in [-0.1, -0.05) is 6.92 Å². The number of fused-ring (bicyclic) bond motifs is 1. The van der Waals surface area contributed by atoms with Gasteiger partial charge in [0.15, 0.2) is 11.5 Å². The Bertz CT molecular complexity index is 509. The van der Waals surface area contributed by atoms with E-state index in [1.54, 1.807) is 14.2 Å². The van der Waals surface area contributed by atoms with Gasteiger partial charge < -0.3 is 9.47 Å². The first kappa shape index (κ1) is 10.7. The zero-order chi connectivity index (χ0) is 11.5. The molecule has 2 aromatic rings. The Morgan fingerprint density at radius 1 is 1.19 bits per heavy atom. The number of hydrogen-bond acceptors (Lipinski definition) is 3. The summed E-state index contributed by atoms with van der Waals surface area (Å²) in [5, 5.41) is 1.08. The molecule has 0 aliphatic carbocycles. The number of aromatic nitrogens is 1. The molecule has 0 N–H and O–H groups in total. The molecule has 0 aliphatic rings. The summed E-state index contributed by atoms with van der Waals surface area (Å²) in [6.07, 6.45) is 2.86. The molecule has 0 amide bonds. The van der Waals surface area contributed by atoms with Crippen molar-refractivity contribution in [2.24, 2.45) is 0 Å². The third kappa shape index (κ3) is 1.69. The van der Waals surface area contributed by atoms with Crippen LogP contribution < -0.4 is 9.47 Å². The molecule has 16 heavy (non-hydrogen) atoms. The van der Waals surface area contributed by atoms with Crippen LogP contribution in [0.5, 0.6) is 11.5 Å². The Kier molecular flexibility index (Phi) is 2.95. The number of benzene rings is 1. The summed E-state index contributed by atoms with van der Waals surface area (Å²) in [4.78, 5) is 4.43. The molecular formula is C13H15NO2. The van der Waals surface area contributed by atoms with Crippen LogP contribution in [0.2, 0.25) is 0 Å². The van der Waals surface area contributed by atoms with Gasteiger partial charge in [0.1, 0.15) is 5.52 Å². The highest BCUT2D eigenvalue weighted by Gasteiger charge is 2.09. The van der Waals surface area contributed by atoms with E-state index >= 15 is 0 Å². The summed E-state index contributed by atoms with van der Waals surface area (Å²) < 4.78 is 10.6. The third-order valence-corrected chi connectivity index (χ3v) is 2.66. The van der Waals surface area contributed by atoms with Crippen LogP contribution in [0.25, 0.3) is 10.9 Å². The molecule has 1 heterocycles. The molecule has 3 nitrogen and oxygen atoms in total. The average Bonchev–Trinajstić information content (AvgIpc) is 2.36. The summed E-state index contributed by atoms with van der Waals surface area (Å²) in [5.41, 5.74) is 2.07. The standard InChI is InChI=1S/C13H15NO2/c1-4-9-7-10-5-6-11(15-2)13(16-3)12(10)14-8-9/h5-8H,4H2,1-3H3. The van der Waals surface area contributed by atoms with Gasteiger partial charge in [-0.25, -0.2) is 0 Å². The van der Waals surface area contributed by atoms with Crippen molar-refractivity contribution in [2.75, 3.05) is 14.2 Å². The number of rotatable bonds is 3. The number of ether oxygens (including phenoxy) is 2. The summed E-state index contributed by atoms with van der Waals surface area (Å²) >= 11 is 0. The van der Waals surface area contributed by atoms with Crippen LogP contribution in [0.15, 0.2) is 24.4 Å². The van der Waals surface area contributed by atoms with Crippen LogP contribution in [-0.4, -0.2) is 19.2 Å². The monoisotopic (exact) mass is 217 g/mol. The fourth-order valence-corrected chi connectivity index (χ4v) is 1.75.